The minimum Gasteiger partial charge on any atom is -0.352 e. The van der Waals surface area contributed by atoms with Crippen LogP contribution in [0.25, 0.3) is 0 Å². The first kappa shape index (κ1) is 12.1. The summed E-state index contributed by atoms with van der Waals surface area (Å²) in [7, 11) is 4.20. The van der Waals surface area contributed by atoms with Gasteiger partial charge in [-0.2, -0.15) is 4.98 Å². The quantitative estimate of drug-likeness (QED) is 0.578. The third-order valence-corrected chi connectivity index (χ3v) is 3.02. The third kappa shape index (κ3) is 2.83. The van der Waals surface area contributed by atoms with E-state index in [1.165, 1.54) is 12.8 Å². The van der Waals surface area contributed by atoms with Crippen LogP contribution in [0.15, 0.2) is 12.3 Å². The number of anilines is 2. The van der Waals surface area contributed by atoms with Crippen LogP contribution in [0.4, 0.5) is 11.8 Å². The number of nitrogen functional groups attached to an aromatic ring is 1. The van der Waals surface area contributed by atoms with Gasteiger partial charge < -0.3 is 9.80 Å². The fourth-order valence-corrected chi connectivity index (χ4v) is 2.33. The highest BCUT2D eigenvalue weighted by molar-refractivity contribution is 5.44. The summed E-state index contributed by atoms with van der Waals surface area (Å²) >= 11 is 0. The third-order valence-electron chi connectivity index (χ3n) is 3.02. The molecule has 0 saturated carbocycles. The van der Waals surface area contributed by atoms with Crippen molar-refractivity contribution in [1.29, 1.82) is 0 Å². The maximum Gasteiger partial charge on any atom is 0.239 e. The molecule has 1 aromatic rings. The van der Waals surface area contributed by atoms with Gasteiger partial charge in [-0.1, -0.05) is 0 Å². The Morgan fingerprint density at radius 3 is 3.12 bits per heavy atom. The zero-order valence-corrected chi connectivity index (χ0v) is 10.4. The van der Waals surface area contributed by atoms with E-state index in [0.29, 0.717) is 12.0 Å². The lowest BCUT2D eigenvalue weighted by Crippen LogP contribution is -2.38. The SMILES string of the molecule is CN(C)CC1CCCN1c1ccnc(NN)n1. The van der Waals surface area contributed by atoms with Crippen LogP contribution in [0.3, 0.4) is 0 Å². The molecule has 0 aromatic carbocycles. The highest BCUT2D eigenvalue weighted by Gasteiger charge is 2.26. The number of likely N-dealkylation sites (N-methyl/N-ethyl adjacent to an activating group) is 1. The van der Waals surface area contributed by atoms with Crippen LogP contribution in [0, 0.1) is 0 Å². The Morgan fingerprint density at radius 2 is 2.41 bits per heavy atom. The number of aromatic nitrogens is 2. The summed E-state index contributed by atoms with van der Waals surface area (Å²) in [5.74, 6) is 6.76. The van der Waals surface area contributed by atoms with Crippen molar-refractivity contribution in [1.82, 2.24) is 14.9 Å². The molecule has 1 saturated heterocycles. The first-order valence-corrected chi connectivity index (χ1v) is 5.91. The topological polar surface area (TPSA) is 70.3 Å². The number of hydrogen-bond acceptors (Lipinski definition) is 6. The van der Waals surface area contributed by atoms with E-state index < -0.39 is 0 Å². The molecule has 6 nitrogen and oxygen atoms in total. The van der Waals surface area contributed by atoms with Gasteiger partial charge in [0.05, 0.1) is 0 Å². The second-order valence-electron chi connectivity index (χ2n) is 4.63. The Kier molecular flexibility index (Phi) is 3.75. The van der Waals surface area contributed by atoms with Crippen LogP contribution < -0.4 is 16.2 Å². The normalized spacial score (nSPS) is 20.0. The molecule has 2 heterocycles. The summed E-state index contributed by atoms with van der Waals surface area (Å²) in [6, 6.07) is 2.47. The number of hydrogen-bond donors (Lipinski definition) is 2. The first-order valence-electron chi connectivity index (χ1n) is 5.91. The van der Waals surface area contributed by atoms with Crippen molar-refractivity contribution in [3.63, 3.8) is 0 Å². The fraction of sp³-hybridized carbons (Fsp3) is 0.636. The molecule has 94 valence electrons. The van der Waals surface area contributed by atoms with Crippen LogP contribution >= 0.6 is 0 Å². The van der Waals surface area contributed by atoms with Gasteiger partial charge in [0, 0.05) is 25.3 Å². The average molecular weight is 236 g/mol. The van der Waals surface area contributed by atoms with Gasteiger partial charge >= 0.3 is 0 Å². The molecule has 0 spiro atoms. The summed E-state index contributed by atoms with van der Waals surface area (Å²) in [6.07, 6.45) is 4.17. The second kappa shape index (κ2) is 5.29. The molecule has 1 atom stereocenters. The van der Waals surface area contributed by atoms with Crippen LogP contribution in [0.5, 0.6) is 0 Å². The Hall–Kier alpha value is -1.40. The van der Waals surface area contributed by atoms with Gasteiger partial charge in [-0.25, -0.2) is 10.8 Å². The van der Waals surface area contributed by atoms with Crippen molar-refractivity contribution in [2.24, 2.45) is 5.84 Å². The van der Waals surface area contributed by atoms with Crippen molar-refractivity contribution in [2.75, 3.05) is 37.5 Å². The van der Waals surface area contributed by atoms with Gasteiger partial charge in [0.15, 0.2) is 0 Å². The number of nitrogens with two attached hydrogens (primary N) is 1. The van der Waals surface area contributed by atoms with E-state index in [1.54, 1.807) is 6.20 Å². The van der Waals surface area contributed by atoms with Gasteiger partial charge in [-0.3, -0.25) is 5.43 Å². The summed E-state index contributed by atoms with van der Waals surface area (Å²) in [5.41, 5.74) is 2.49. The maximum absolute atomic E-state index is 5.33. The molecule has 1 aliphatic heterocycles. The highest BCUT2D eigenvalue weighted by Crippen LogP contribution is 2.24. The largest absolute Gasteiger partial charge is 0.352 e. The van der Waals surface area contributed by atoms with Crippen LogP contribution in [0.1, 0.15) is 12.8 Å². The molecule has 0 bridgehead atoms. The van der Waals surface area contributed by atoms with E-state index in [1.807, 2.05) is 6.07 Å². The van der Waals surface area contributed by atoms with E-state index in [-0.39, 0.29) is 0 Å². The van der Waals surface area contributed by atoms with Crippen molar-refractivity contribution >= 4 is 11.8 Å². The predicted molar refractivity (Wildman–Crippen MR) is 68.8 cm³/mol. The Labute approximate surface area is 102 Å². The van der Waals surface area contributed by atoms with Crippen molar-refractivity contribution in [2.45, 2.75) is 18.9 Å². The fourth-order valence-electron chi connectivity index (χ4n) is 2.33. The molecule has 0 radical (unpaired) electrons. The minimum atomic E-state index is 0.470. The summed E-state index contributed by atoms with van der Waals surface area (Å²) < 4.78 is 0. The molecule has 3 N–H and O–H groups in total. The van der Waals surface area contributed by atoms with Crippen LogP contribution in [0.2, 0.25) is 0 Å². The molecular weight excluding hydrogens is 216 g/mol. The Balaban J connectivity index is 2.14. The van der Waals surface area contributed by atoms with E-state index in [0.717, 1.165) is 18.9 Å². The number of nitrogens with zero attached hydrogens (tertiary/aromatic N) is 4. The maximum atomic E-state index is 5.33. The Bertz CT molecular complexity index is 367. The predicted octanol–water partition coefficient (Wildman–Crippen LogP) is 0.293. The molecular formula is C11H20N6. The van der Waals surface area contributed by atoms with Gasteiger partial charge in [0.25, 0.3) is 0 Å². The molecule has 17 heavy (non-hydrogen) atoms. The Morgan fingerprint density at radius 1 is 1.59 bits per heavy atom. The molecule has 0 amide bonds. The lowest BCUT2D eigenvalue weighted by atomic mass is 10.2. The zero-order valence-electron chi connectivity index (χ0n) is 10.4. The highest BCUT2D eigenvalue weighted by atomic mass is 15.3. The van der Waals surface area contributed by atoms with Crippen LogP contribution in [-0.2, 0) is 0 Å². The molecule has 0 aliphatic carbocycles. The molecule has 1 aromatic heterocycles. The minimum absolute atomic E-state index is 0.470. The van der Waals surface area contributed by atoms with Gasteiger partial charge in [0.1, 0.15) is 5.82 Å². The van der Waals surface area contributed by atoms with Gasteiger partial charge in [-0.15, -0.1) is 0 Å². The standard InChI is InChI=1S/C11H20N6/c1-16(2)8-9-4-3-7-17(9)10-5-6-13-11(14-10)15-12/h5-6,9H,3-4,7-8,12H2,1-2H3,(H,13,14,15). The molecule has 1 aliphatic rings. The van der Waals surface area contributed by atoms with E-state index in [9.17, 15) is 0 Å². The molecule has 6 heteroatoms. The van der Waals surface area contributed by atoms with Gasteiger partial charge in [-0.05, 0) is 33.0 Å². The van der Waals surface area contributed by atoms with E-state index in [4.69, 9.17) is 5.84 Å². The van der Waals surface area contributed by atoms with E-state index in [2.05, 4.69) is 39.3 Å². The number of hydrazine groups is 1. The van der Waals surface area contributed by atoms with E-state index >= 15 is 0 Å². The van der Waals surface area contributed by atoms with Crippen molar-refractivity contribution in [3.8, 4) is 0 Å². The monoisotopic (exact) mass is 236 g/mol. The molecule has 1 unspecified atom stereocenters. The van der Waals surface area contributed by atoms with Crippen LogP contribution in [-0.4, -0.2) is 48.1 Å². The summed E-state index contributed by atoms with van der Waals surface area (Å²) in [4.78, 5) is 13.0. The smallest absolute Gasteiger partial charge is 0.239 e. The first-order chi connectivity index (χ1) is 8.20. The lowest BCUT2D eigenvalue weighted by Gasteiger charge is -2.28. The molecule has 2 rings (SSSR count). The van der Waals surface area contributed by atoms with Gasteiger partial charge in [0.2, 0.25) is 5.95 Å². The number of nitrogens with one attached hydrogen (secondary N) is 1. The van der Waals surface area contributed by atoms with Crippen molar-refractivity contribution in [3.05, 3.63) is 12.3 Å². The lowest BCUT2D eigenvalue weighted by molar-refractivity contribution is 0.371. The number of rotatable bonds is 4. The molecule has 1 fully saturated rings. The zero-order chi connectivity index (χ0) is 12.3. The summed E-state index contributed by atoms with van der Waals surface area (Å²) in [5, 5.41) is 0. The second-order valence-corrected chi connectivity index (χ2v) is 4.63. The summed E-state index contributed by atoms with van der Waals surface area (Å²) in [6.45, 7) is 2.11. The van der Waals surface area contributed by atoms with Crippen molar-refractivity contribution < 1.29 is 0 Å². The average Bonchev–Trinajstić information content (AvgIpc) is 2.76.